The van der Waals surface area contributed by atoms with Crippen LogP contribution in [0.5, 0.6) is 0 Å². The van der Waals surface area contributed by atoms with Crippen molar-refractivity contribution in [3.05, 3.63) is 18.2 Å². The Bertz CT molecular complexity index is 871. The number of thiazole rings is 1. The number of fused-ring (bicyclic) bond motifs is 1. The normalized spacial score (nSPS) is 15.6. The average molecular weight is 396 g/mol. The third-order valence-electron chi connectivity index (χ3n) is 4.57. The highest BCUT2D eigenvalue weighted by Crippen LogP contribution is 2.30. The molecular weight excluding hydrogens is 370 g/mol. The molecule has 1 fully saturated rings. The quantitative estimate of drug-likeness (QED) is 0.686. The highest BCUT2D eigenvalue weighted by atomic mass is 32.2. The van der Waals surface area contributed by atoms with Crippen LogP contribution in [0.4, 0.5) is 5.13 Å². The fourth-order valence-corrected chi connectivity index (χ4v) is 5.63. The Morgan fingerprint density at radius 1 is 1.23 bits per heavy atom. The minimum atomic E-state index is -3.44. The number of rotatable bonds is 8. The van der Waals surface area contributed by atoms with Crippen molar-refractivity contribution in [3.63, 3.8) is 0 Å². The van der Waals surface area contributed by atoms with Crippen LogP contribution in [0.25, 0.3) is 10.2 Å². The third kappa shape index (κ3) is 4.42. The van der Waals surface area contributed by atoms with Gasteiger partial charge >= 0.3 is 0 Å². The molecule has 0 atom stereocenters. The molecule has 1 aliphatic heterocycles. The van der Waals surface area contributed by atoms with Gasteiger partial charge in [0.15, 0.2) is 5.13 Å². The highest BCUT2D eigenvalue weighted by Gasteiger charge is 2.27. The zero-order valence-electron chi connectivity index (χ0n) is 15.0. The smallest absolute Gasteiger partial charge is 0.243 e. The monoisotopic (exact) mass is 395 g/mol. The number of hydrogen-bond acceptors (Lipinski definition) is 5. The number of carbonyl (C=O) groups excluding carboxylic acids is 1. The third-order valence-corrected chi connectivity index (χ3v) is 7.39. The molecule has 1 amide bonds. The minimum Gasteiger partial charge on any atom is -0.302 e. The molecule has 0 aliphatic carbocycles. The second kappa shape index (κ2) is 8.45. The summed E-state index contributed by atoms with van der Waals surface area (Å²) in [6.45, 7) is 3.31. The van der Waals surface area contributed by atoms with Crippen molar-refractivity contribution < 1.29 is 13.2 Å². The van der Waals surface area contributed by atoms with Gasteiger partial charge < -0.3 is 5.32 Å². The predicted octanol–water partition coefficient (Wildman–Crippen LogP) is 3.99. The molecule has 3 rings (SSSR count). The second-order valence-electron chi connectivity index (χ2n) is 6.62. The molecule has 0 unspecified atom stereocenters. The number of benzene rings is 1. The van der Waals surface area contributed by atoms with Crippen LogP contribution in [0.2, 0.25) is 0 Å². The van der Waals surface area contributed by atoms with Crippen LogP contribution in [0, 0.1) is 0 Å². The van der Waals surface area contributed by atoms with Crippen LogP contribution in [0.1, 0.15) is 51.9 Å². The first-order valence-corrected chi connectivity index (χ1v) is 11.5. The molecular formula is C18H25N3O3S2. The van der Waals surface area contributed by atoms with Crippen LogP contribution in [-0.2, 0) is 14.8 Å². The van der Waals surface area contributed by atoms with Gasteiger partial charge in [-0.1, -0.05) is 37.5 Å². The number of aromatic nitrogens is 1. The first-order chi connectivity index (χ1) is 12.5. The molecule has 8 heteroatoms. The molecule has 1 aliphatic rings. The Labute approximate surface area is 158 Å². The van der Waals surface area contributed by atoms with Gasteiger partial charge in [0, 0.05) is 19.5 Å². The van der Waals surface area contributed by atoms with Crippen molar-refractivity contribution >= 4 is 42.6 Å². The molecule has 0 radical (unpaired) electrons. The molecule has 2 heterocycles. The lowest BCUT2D eigenvalue weighted by Gasteiger charge is -2.15. The topological polar surface area (TPSA) is 79.4 Å². The van der Waals surface area contributed by atoms with E-state index in [9.17, 15) is 13.2 Å². The van der Waals surface area contributed by atoms with Gasteiger partial charge in [-0.3, -0.25) is 4.79 Å². The van der Waals surface area contributed by atoms with Crippen molar-refractivity contribution in [2.75, 3.05) is 18.4 Å². The summed E-state index contributed by atoms with van der Waals surface area (Å²) in [5.41, 5.74) is 0.705. The van der Waals surface area contributed by atoms with Crippen LogP contribution in [0.3, 0.4) is 0 Å². The summed E-state index contributed by atoms with van der Waals surface area (Å²) >= 11 is 1.32. The van der Waals surface area contributed by atoms with Crippen LogP contribution in [-0.4, -0.2) is 36.7 Å². The molecule has 2 aromatic rings. The zero-order valence-corrected chi connectivity index (χ0v) is 16.7. The number of amides is 1. The van der Waals surface area contributed by atoms with E-state index in [1.165, 1.54) is 15.6 Å². The maximum atomic E-state index is 12.7. The van der Waals surface area contributed by atoms with E-state index in [1.807, 2.05) is 0 Å². The first kappa shape index (κ1) is 19.3. The Balaban J connectivity index is 1.70. The molecule has 6 nitrogen and oxygen atoms in total. The van der Waals surface area contributed by atoms with E-state index in [0.29, 0.717) is 35.1 Å². The lowest BCUT2D eigenvalue weighted by atomic mass is 10.1. The number of nitrogens with zero attached hydrogens (tertiary/aromatic N) is 2. The summed E-state index contributed by atoms with van der Waals surface area (Å²) in [7, 11) is -3.44. The van der Waals surface area contributed by atoms with Crippen LogP contribution in [0.15, 0.2) is 23.1 Å². The Morgan fingerprint density at radius 2 is 2.00 bits per heavy atom. The molecule has 1 N–H and O–H groups in total. The van der Waals surface area contributed by atoms with Gasteiger partial charge in [-0.15, -0.1) is 0 Å². The SMILES string of the molecule is CCCCCCC(=O)Nc1nc2ccc(S(=O)(=O)N3CCCC3)cc2s1. The van der Waals surface area contributed by atoms with Crippen LogP contribution < -0.4 is 5.32 Å². The number of sulfonamides is 1. The van der Waals surface area contributed by atoms with E-state index in [2.05, 4.69) is 17.2 Å². The van der Waals surface area contributed by atoms with Crippen molar-refractivity contribution in [2.24, 2.45) is 0 Å². The van der Waals surface area contributed by atoms with Gasteiger partial charge in [-0.25, -0.2) is 13.4 Å². The largest absolute Gasteiger partial charge is 0.302 e. The molecule has 0 spiro atoms. The number of carbonyl (C=O) groups is 1. The maximum absolute atomic E-state index is 12.7. The van der Waals surface area contributed by atoms with E-state index in [-0.39, 0.29) is 5.91 Å². The Morgan fingerprint density at radius 3 is 2.73 bits per heavy atom. The second-order valence-corrected chi connectivity index (χ2v) is 9.59. The fraction of sp³-hybridized carbons (Fsp3) is 0.556. The van der Waals surface area contributed by atoms with Gasteiger partial charge in [0.1, 0.15) is 0 Å². The molecule has 142 valence electrons. The summed E-state index contributed by atoms with van der Waals surface area (Å²) in [5, 5.41) is 3.35. The molecule has 0 saturated carbocycles. The Hall–Kier alpha value is -1.51. The van der Waals surface area contributed by atoms with Crippen LogP contribution >= 0.6 is 11.3 Å². The first-order valence-electron chi connectivity index (χ1n) is 9.21. The summed E-state index contributed by atoms with van der Waals surface area (Å²) in [6, 6.07) is 4.98. The molecule has 0 bridgehead atoms. The van der Waals surface area contributed by atoms with Gasteiger partial charge in [0.05, 0.1) is 15.1 Å². The number of nitrogens with one attached hydrogen (secondary N) is 1. The van der Waals surface area contributed by atoms with E-state index in [0.717, 1.165) is 43.2 Å². The summed E-state index contributed by atoms with van der Waals surface area (Å²) in [6.07, 6.45) is 6.53. The maximum Gasteiger partial charge on any atom is 0.243 e. The number of hydrogen-bond donors (Lipinski definition) is 1. The highest BCUT2D eigenvalue weighted by molar-refractivity contribution is 7.89. The summed E-state index contributed by atoms with van der Waals surface area (Å²) < 4.78 is 27.7. The lowest BCUT2D eigenvalue weighted by Crippen LogP contribution is -2.27. The zero-order chi connectivity index (χ0) is 18.6. The molecule has 1 aromatic carbocycles. The van der Waals surface area contributed by atoms with E-state index < -0.39 is 10.0 Å². The Kier molecular flexibility index (Phi) is 6.26. The summed E-state index contributed by atoms with van der Waals surface area (Å²) in [5.74, 6) is -0.0370. The minimum absolute atomic E-state index is 0.0370. The van der Waals surface area contributed by atoms with Crippen molar-refractivity contribution in [3.8, 4) is 0 Å². The molecule has 1 saturated heterocycles. The van der Waals surface area contributed by atoms with Crippen molar-refractivity contribution in [1.82, 2.24) is 9.29 Å². The van der Waals surface area contributed by atoms with E-state index in [4.69, 9.17) is 0 Å². The van der Waals surface area contributed by atoms with E-state index >= 15 is 0 Å². The lowest BCUT2D eigenvalue weighted by molar-refractivity contribution is -0.116. The standard InChI is InChI=1S/C18H25N3O3S2/c1-2-3-4-5-8-17(22)20-18-19-15-10-9-14(13-16(15)25-18)26(23,24)21-11-6-7-12-21/h9-10,13H,2-8,11-12H2,1H3,(H,19,20,22). The summed E-state index contributed by atoms with van der Waals surface area (Å²) in [4.78, 5) is 16.7. The molecule has 1 aromatic heterocycles. The van der Waals surface area contributed by atoms with Gasteiger partial charge in [-0.2, -0.15) is 4.31 Å². The average Bonchev–Trinajstić information content (AvgIpc) is 3.27. The fourth-order valence-electron chi connectivity index (χ4n) is 3.09. The van der Waals surface area contributed by atoms with Gasteiger partial charge in [-0.05, 0) is 37.5 Å². The predicted molar refractivity (Wildman–Crippen MR) is 105 cm³/mol. The van der Waals surface area contributed by atoms with Gasteiger partial charge in [0.25, 0.3) is 0 Å². The van der Waals surface area contributed by atoms with Crippen molar-refractivity contribution in [2.45, 2.75) is 56.8 Å². The van der Waals surface area contributed by atoms with Crippen molar-refractivity contribution in [1.29, 1.82) is 0 Å². The number of anilines is 1. The van der Waals surface area contributed by atoms with E-state index in [1.54, 1.807) is 18.2 Å². The van der Waals surface area contributed by atoms with Gasteiger partial charge in [0.2, 0.25) is 15.9 Å². The molecule has 26 heavy (non-hydrogen) atoms. The number of unbranched alkanes of at least 4 members (excludes halogenated alkanes) is 3.